The van der Waals surface area contributed by atoms with Crippen molar-refractivity contribution >= 4 is 24.2 Å². The summed E-state index contributed by atoms with van der Waals surface area (Å²) in [6.07, 6.45) is 2.08. The van der Waals surface area contributed by atoms with Gasteiger partial charge in [0.15, 0.2) is 0 Å². The highest BCUT2D eigenvalue weighted by Crippen LogP contribution is 2.36. The van der Waals surface area contributed by atoms with Crippen LogP contribution in [0.2, 0.25) is 0 Å². The average Bonchev–Trinajstić information content (AvgIpc) is 2.32. The average molecular weight is 265 g/mol. The second-order valence-corrected chi connectivity index (χ2v) is 6.68. The fourth-order valence-electron chi connectivity index (χ4n) is 1.27. The fourth-order valence-corrected chi connectivity index (χ4v) is 2.31. The SMILES string of the molecule is C/C=C(/C)Nc1ccccc1SC(C)(C)C.C=O. The number of hydrogen-bond donors (Lipinski definition) is 1. The van der Waals surface area contributed by atoms with Gasteiger partial charge in [-0.2, -0.15) is 0 Å². The van der Waals surface area contributed by atoms with Crippen LogP contribution >= 0.6 is 11.8 Å². The molecule has 0 unspecified atom stereocenters. The van der Waals surface area contributed by atoms with E-state index in [1.807, 2.05) is 25.5 Å². The Bertz CT molecular complexity index is 394. The van der Waals surface area contributed by atoms with Crippen LogP contribution in [0.1, 0.15) is 34.6 Å². The molecule has 0 aliphatic carbocycles. The van der Waals surface area contributed by atoms with Gasteiger partial charge < -0.3 is 10.1 Å². The van der Waals surface area contributed by atoms with Crippen LogP contribution in [-0.2, 0) is 4.79 Å². The Balaban J connectivity index is 0.00000137. The minimum absolute atomic E-state index is 0.238. The summed E-state index contributed by atoms with van der Waals surface area (Å²) >= 11 is 1.89. The molecule has 18 heavy (non-hydrogen) atoms. The maximum absolute atomic E-state index is 8.00. The van der Waals surface area contributed by atoms with E-state index in [1.54, 1.807) is 0 Å². The third-order valence-corrected chi connectivity index (χ3v) is 3.26. The van der Waals surface area contributed by atoms with Gasteiger partial charge in [-0.15, -0.1) is 11.8 Å². The summed E-state index contributed by atoms with van der Waals surface area (Å²) in [5, 5.41) is 3.42. The molecule has 0 fully saturated rings. The number of thioether (sulfide) groups is 1. The number of para-hydroxylation sites is 1. The first-order valence-corrected chi connectivity index (χ1v) is 6.71. The molecule has 0 heterocycles. The topological polar surface area (TPSA) is 29.1 Å². The van der Waals surface area contributed by atoms with E-state index < -0.39 is 0 Å². The van der Waals surface area contributed by atoms with Crippen molar-refractivity contribution in [2.24, 2.45) is 0 Å². The van der Waals surface area contributed by atoms with Crippen LogP contribution in [0.15, 0.2) is 40.9 Å². The van der Waals surface area contributed by atoms with Gasteiger partial charge in [0.2, 0.25) is 0 Å². The molecule has 0 atom stereocenters. The van der Waals surface area contributed by atoms with E-state index in [-0.39, 0.29) is 4.75 Å². The zero-order valence-electron chi connectivity index (χ0n) is 11.9. The molecule has 0 saturated heterocycles. The minimum atomic E-state index is 0.238. The van der Waals surface area contributed by atoms with Crippen LogP contribution < -0.4 is 5.32 Å². The molecule has 0 aliphatic heterocycles. The molecule has 1 aromatic rings. The Morgan fingerprint density at radius 3 is 2.33 bits per heavy atom. The molecule has 1 N–H and O–H groups in total. The highest BCUT2D eigenvalue weighted by atomic mass is 32.2. The molecule has 1 aromatic carbocycles. The summed E-state index contributed by atoms with van der Waals surface area (Å²) in [7, 11) is 0. The first kappa shape index (κ1) is 16.8. The van der Waals surface area contributed by atoms with Gasteiger partial charge >= 0.3 is 0 Å². The Labute approximate surface area is 115 Å². The lowest BCUT2D eigenvalue weighted by molar-refractivity contribution is -0.0979. The summed E-state index contributed by atoms with van der Waals surface area (Å²) in [6, 6.07) is 8.45. The molecule has 0 radical (unpaired) electrons. The smallest absolute Gasteiger partial charge is 0.106 e. The van der Waals surface area contributed by atoms with Gasteiger partial charge in [0, 0.05) is 15.3 Å². The van der Waals surface area contributed by atoms with Crippen molar-refractivity contribution in [1.82, 2.24) is 0 Å². The van der Waals surface area contributed by atoms with Crippen LogP contribution in [0.5, 0.6) is 0 Å². The van der Waals surface area contributed by atoms with Crippen LogP contribution in [0.4, 0.5) is 5.69 Å². The molecule has 3 heteroatoms. The van der Waals surface area contributed by atoms with Gasteiger partial charge in [-0.25, -0.2) is 0 Å². The summed E-state index contributed by atoms with van der Waals surface area (Å²) in [5.41, 5.74) is 2.37. The maximum Gasteiger partial charge on any atom is 0.106 e. The van der Waals surface area contributed by atoms with E-state index in [0.717, 1.165) is 0 Å². The fraction of sp³-hybridized carbons (Fsp3) is 0.400. The predicted molar refractivity (Wildman–Crippen MR) is 82.2 cm³/mol. The second kappa shape index (κ2) is 7.98. The lowest BCUT2D eigenvalue weighted by Gasteiger charge is -2.20. The van der Waals surface area contributed by atoms with Gasteiger partial charge in [-0.3, -0.25) is 0 Å². The number of benzene rings is 1. The molecule has 0 aromatic heterocycles. The standard InChI is InChI=1S/C14H21NS.CH2O/c1-6-11(2)15-12-9-7-8-10-13(12)16-14(3,4)5;1-2/h6-10,15H,1-5H3;1H2/b11-6-;. The van der Waals surface area contributed by atoms with Gasteiger partial charge in [0.1, 0.15) is 6.79 Å². The summed E-state index contributed by atoms with van der Waals surface area (Å²) < 4.78 is 0.238. The molecular weight excluding hydrogens is 242 g/mol. The molecule has 0 saturated carbocycles. The molecule has 0 spiro atoms. The number of hydrogen-bond acceptors (Lipinski definition) is 3. The third kappa shape index (κ3) is 6.50. The molecule has 100 valence electrons. The first-order valence-electron chi connectivity index (χ1n) is 5.89. The lowest BCUT2D eigenvalue weighted by atomic mass is 10.3. The quantitative estimate of drug-likeness (QED) is 0.801. The zero-order chi connectivity index (χ0) is 14.2. The maximum atomic E-state index is 8.00. The minimum Gasteiger partial charge on any atom is -0.359 e. The van der Waals surface area contributed by atoms with E-state index in [9.17, 15) is 0 Å². The molecule has 1 rings (SSSR count). The molecule has 0 aliphatic rings. The van der Waals surface area contributed by atoms with E-state index in [4.69, 9.17) is 4.79 Å². The van der Waals surface area contributed by atoms with Crippen molar-refractivity contribution in [2.75, 3.05) is 5.32 Å². The van der Waals surface area contributed by atoms with Crippen LogP contribution in [0.3, 0.4) is 0 Å². The third-order valence-electron chi connectivity index (χ3n) is 2.07. The van der Waals surface area contributed by atoms with Crippen LogP contribution in [0.25, 0.3) is 0 Å². The largest absolute Gasteiger partial charge is 0.359 e. The number of carbonyl (C=O) groups excluding carboxylic acids is 1. The van der Waals surface area contributed by atoms with E-state index >= 15 is 0 Å². The summed E-state index contributed by atoms with van der Waals surface area (Å²) in [5.74, 6) is 0. The first-order chi connectivity index (χ1) is 8.42. The number of nitrogens with one attached hydrogen (secondary N) is 1. The van der Waals surface area contributed by atoms with Gasteiger partial charge in [0.05, 0.1) is 5.69 Å². The van der Waals surface area contributed by atoms with Crippen LogP contribution in [-0.4, -0.2) is 11.5 Å². The number of anilines is 1. The Morgan fingerprint density at radius 2 is 1.83 bits per heavy atom. The summed E-state index contributed by atoms with van der Waals surface area (Å²) in [4.78, 5) is 9.30. The molecule has 2 nitrogen and oxygen atoms in total. The van der Waals surface area contributed by atoms with Crippen molar-refractivity contribution in [2.45, 2.75) is 44.3 Å². The lowest BCUT2D eigenvalue weighted by Crippen LogP contribution is -2.08. The van der Waals surface area contributed by atoms with Crippen LogP contribution in [0, 0.1) is 0 Å². The van der Waals surface area contributed by atoms with E-state index in [2.05, 4.69) is 63.4 Å². The van der Waals surface area contributed by atoms with Crippen molar-refractivity contribution in [3.8, 4) is 0 Å². The monoisotopic (exact) mass is 265 g/mol. The van der Waals surface area contributed by atoms with E-state index in [0.29, 0.717) is 0 Å². The van der Waals surface area contributed by atoms with E-state index in [1.165, 1.54) is 16.3 Å². The zero-order valence-corrected chi connectivity index (χ0v) is 12.7. The molecule has 0 bridgehead atoms. The van der Waals surface area contributed by atoms with Gasteiger partial charge in [0.25, 0.3) is 0 Å². The van der Waals surface area contributed by atoms with Crippen molar-refractivity contribution in [3.63, 3.8) is 0 Å². The summed E-state index contributed by atoms with van der Waals surface area (Å²) in [6.45, 7) is 12.8. The van der Waals surface area contributed by atoms with Crippen molar-refractivity contribution in [1.29, 1.82) is 0 Å². The normalized spacial score (nSPS) is 11.5. The highest BCUT2D eigenvalue weighted by Gasteiger charge is 2.14. The van der Waals surface area contributed by atoms with Crippen molar-refractivity contribution in [3.05, 3.63) is 36.0 Å². The highest BCUT2D eigenvalue weighted by molar-refractivity contribution is 8.00. The Hall–Kier alpha value is -1.22. The van der Waals surface area contributed by atoms with Gasteiger partial charge in [-0.05, 0) is 26.0 Å². The second-order valence-electron chi connectivity index (χ2n) is 4.81. The Kier molecular flexibility index (Phi) is 7.44. The number of allylic oxidation sites excluding steroid dienone is 2. The van der Waals surface area contributed by atoms with Crippen molar-refractivity contribution < 1.29 is 4.79 Å². The number of carbonyl (C=O) groups is 1. The predicted octanol–water partition coefficient (Wildman–Crippen LogP) is 4.73. The van der Waals surface area contributed by atoms with Gasteiger partial charge in [-0.1, -0.05) is 39.0 Å². The number of rotatable bonds is 3. The molecular formula is C15H23NOS. The molecule has 0 amide bonds. The Morgan fingerprint density at radius 1 is 1.28 bits per heavy atom.